The van der Waals surface area contributed by atoms with Crippen LogP contribution in [-0.2, 0) is 11.2 Å². The highest BCUT2D eigenvalue weighted by atomic mass is 16.3. The lowest BCUT2D eigenvalue weighted by molar-refractivity contribution is -0.112. The highest BCUT2D eigenvalue weighted by molar-refractivity contribution is 5.91. The van der Waals surface area contributed by atoms with Crippen LogP contribution in [-0.4, -0.2) is 27.5 Å². The summed E-state index contributed by atoms with van der Waals surface area (Å²) in [7, 11) is 0. The number of carbonyl (C=O) groups is 1. The largest absolute Gasteiger partial charge is 0.396 e. The molecule has 0 bridgehead atoms. The van der Waals surface area contributed by atoms with Crippen LogP contribution >= 0.6 is 0 Å². The molecule has 0 aliphatic rings. The predicted molar refractivity (Wildman–Crippen MR) is 76.7 cm³/mol. The Bertz CT molecular complexity index is 584. The summed E-state index contributed by atoms with van der Waals surface area (Å²) in [5, 5.41) is 8.69. The standard InChI is InChI=1S/C14H20N2O4/c1-10(18)7-8-11-12(6-4-2-3-5-9-17)15-14(20)16-13(11)19/h7-8,17H,2-6,9H2,1H3,(H2,15,16,19,20)/b8-7+. The van der Waals surface area contributed by atoms with Crippen LogP contribution in [0.4, 0.5) is 0 Å². The Morgan fingerprint density at radius 1 is 1.15 bits per heavy atom. The fourth-order valence-electron chi connectivity index (χ4n) is 1.88. The van der Waals surface area contributed by atoms with Crippen LogP contribution in [0.5, 0.6) is 0 Å². The molecule has 0 saturated heterocycles. The van der Waals surface area contributed by atoms with Crippen molar-refractivity contribution in [3.05, 3.63) is 38.2 Å². The molecule has 1 rings (SSSR count). The number of aromatic nitrogens is 2. The monoisotopic (exact) mass is 280 g/mol. The third kappa shape index (κ3) is 5.36. The van der Waals surface area contributed by atoms with Crippen molar-refractivity contribution in [1.82, 2.24) is 9.97 Å². The average molecular weight is 280 g/mol. The minimum Gasteiger partial charge on any atom is -0.396 e. The maximum absolute atomic E-state index is 11.7. The number of ketones is 1. The summed E-state index contributed by atoms with van der Waals surface area (Å²) in [6, 6.07) is 0. The Hall–Kier alpha value is -1.95. The van der Waals surface area contributed by atoms with E-state index in [1.807, 2.05) is 0 Å². The second-order valence-electron chi connectivity index (χ2n) is 4.63. The lowest BCUT2D eigenvalue weighted by Gasteiger charge is -2.04. The Balaban J connectivity index is 2.84. The number of aryl methyl sites for hydroxylation is 1. The lowest BCUT2D eigenvalue weighted by Crippen LogP contribution is -2.26. The van der Waals surface area contributed by atoms with Crippen molar-refractivity contribution in [2.45, 2.75) is 39.0 Å². The number of unbranched alkanes of at least 4 members (excludes halogenated alkanes) is 3. The molecule has 0 amide bonds. The highest BCUT2D eigenvalue weighted by Crippen LogP contribution is 2.08. The molecular weight excluding hydrogens is 260 g/mol. The summed E-state index contributed by atoms with van der Waals surface area (Å²) in [5.41, 5.74) is -0.167. The zero-order valence-electron chi connectivity index (χ0n) is 11.6. The van der Waals surface area contributed by atoms with E-state index in [0.717, 1.165) is 25.7 Å². The normalized spacial score (nSPS) is 11.1. The molecule has 0 aliphatic carbocycles. The van der Waals surface area contributed by atoms with Gasteiger partial charge in [0.05, 0.1) is 5.56 Å². The molecule has 1 heterocycles. The maximum atomic E-state index is 11.7. The Morgan fingerprint density at radius 2 is 1.85 bits per heavy atom. The first kappa shape index (κ1) is 16.1. The summed E-state index contributed by atoms with van der Waals surface area (Å²) in [4.78, 5) is 38.7. The molecule has 0 spiro atoms. The number of aliphatic hydroxyl groups is 1. The van der Waals surface area contributed by atoms with Crippen LogP contribution < -0.4 is 11.2 Å². The van der Waals surface area contributed by atoms with Gasteiger partial charge in [-0.2, -0.15) is 0 Å². The molecule has 1 aromatic heterocycles. The zero-order chi connectivity index (χ0) is 15.0. The number of hydrogen-bond acceptors (Lipinski definition) is 4. The van der Waals surface area contributed by atoms with Crippen LogP contribution in [0.15, 0.2) is 15.7 Å². The quantitative estimate of drug-likeness (QED) is 0.483. The fourth-order valence-corrected chi connectivity index (χ4v) is 1.88. The van der Waals surface area contributed by atoms with Crippen molar-refractivity contribution in [3.8, 4) is 0 Å². The van der Waals surface area contributed by atoms with E-state index in [-0.39, 0.29) is 12.4 Å². The molecule has 0 aromatic carbocycles. The van der Waals surface area contributed by atoms with Crippen molar-refractivity contribution in [2.75, 3.05) is 6.61 Å². The molecule has 110 valence electrons. The first-order valence-electron chi connectivity index (χ1n) is 6.69. The molecule has 0 unspecified atom stereocenters. The summed E-state index contributed by atoms with van der Waals surface area (Å²) in [6.45, 7) is 1.57. The number of aromatic amines is 2. The smallest absolute Gasteiger partial charge is 0.325 e. The molecule has 0 aliphatic heterocycles. The van der Waals surface area contributed by atoms with E-state index in [0.29, 0.717) is 17.7 Å². The Morgan fingerprint density at radius 3 is 2.50 bits per heavy atom. The molecule has 6 nitrogen and oxygen atoms in total. The summed E-state index contributed by atoms with van der Waals surface area (Å²) in [6.07, 6.45) is 6.66. The molecule has 20 heavy (non-hydrogen) atoms. The lowest BCUT2D eigenvalue weighted by atomic mass is 10.1. The van der Waals surface area contributed by atoms with Crippen LogP contribution in [0.2, 0.25) is 0 Å². The van der Waals surface area contributed by atoms with Gasteiger partial charge in [-0.15, -0.1) is 0 Å². The van der Waals surface area contributed by atoms with Crippen LogP contribution in [0.25, 0.3) is 6.08 Å². The van der Waals surface area contributed by atoms with E-state index in [1.165, 1.54) is 19.1 Å². The fraction of sp³-hybridized carbons (Fsp3) is 0.500. The molecular formula is C14H20N2O4. The van der Waals surface area contributed by atoms with Gasteiger partial charge < -0.3 is 10.1 Å². The van der Waals surface area contributed by atoms with Crippen LogP contribution in [0.3, 0.4) is 0 Å². The maximum Gasteiger partial charge on any atom is 0.325 e. The molecule has 3 N–H and O–H groups in total. The van der Waals surface area contributed by atoms with E-state index in [1.54, 1.807) is 0 Å². The van der Waals surface area contributed by atoms with Gasteiger partial charge in [-0.3, -0.25) is 14.6 Å². The molecule has 0 saturated carbocycles. The number of carbonyl (C=O) groups excluding carboxylic acids is 1. The van der Waals surface area contributed by atoms with E-state index in [2.05, 4.69) is 9.97 Å². The van der Waals surface area contributed by atoms with Gasteiger partial charge in [-0.25, -0.2) is 4.79 Å². The van der Waals surface area contributed by atoms with Gasteiger partial charge in [0.15, 0.2) is 5.78 Å². The molecule has 0 fully saturated rings. The molecule has 0 radical (unpaired) electrons. The van der Waals surface area contributed by atoms with Gasteiger partial charge in [0.2, 0.25) is 0 Å². The summed E-state index contributed by atoms with van der Waals surface area (Å²) in [5.74, 6) is -0.163. The predicted octanol–water partition coefficient (Wildman–Crippen LogP) is 0.761. The number of allylic oxidation sites excluding steroid dienone is 1. The molecule has 1 aromatic rings. The average Bonchev–Trinajstić information content (AvgIpc) is 2.36. The molecule has 6 heteroatoms. The van der Waals surface area contributed by atoms with E-state index in [9.17, 15) is 14.4 Å². The van der Waals surface area contributed by atoms with E-state index >= 15 is 0 Å². The first-order valence-corrected chi connectivity index (χ1v) is 6.69. The van der Waals surface area contributed by atoms with Gasteiger partial charge >= 0.3 is 5.69 Å². The van der Waals surface area contributed by atoms with Crippen molar-refractivity contribution < 1.29 is 9.90 Å². The summed E-state index contributed by atoms with van der Waals surface area (Å²) < 4.78 is 0. The van der Waals surface area contributed by atoms with Gasteiger partial charge in [-0.1, -0.05) is 12.8 Å². The van der Waals surface area contributed by atoms with E-state index in [4.69, 9.17) is 5.11 Å². The van der Waals surface area contributed by atoms with E-state index < -0.39 is 11.2 Å². The van der Waals surface area contributed by atoms with Gasteiger partial charge in [0.1, 0.15) is 0 Å². The number of H-pyrrole nitrogens is 2. The van der Waals surface area contributed by atoms with Crippen LogP contribution in [0, 0.1) is 0 Å². The minimum absolute atomic E-state index is 0.163. The van der Waals surface area contributed by atoms with Crippen molar-refractivity contribution in [1.29, 1.82) is 0 Å². The topological polar surface area (TPSA) is 103 Å². The Labute approximate surface area is 116 Å². The SMILES string of the molecule is CC(=O)/C=C/c1c(CCCCCCO)[nH]c(=O)[nH]c1=O. The van der Waals surface area contributed by atoms with Gasteiger partial charge in [0.25, 0.3) is 5.56 Å². The minimum atomic E-state index is -0.541. The second-order valence-corrected chi connectivity index (χ2v) is 4.63. The number of nitrogens with one attached hydrogen (secondary N) is 2. The van der Waals surface area contributed by atoms with Gasteiger partial charge in [-0.05, 0) is 38.3 Å². The number of aliphatic hydroxyl groups excluding tert-OH is 1. The third-order valence-electron chi connectivity index (χ3n) is 2.88. The molecule has 0 atom stereocenters. The third-order valence-corrected chi connectivity index (χ3v) is 2.88. The Kier molecular flexibility index (Phi) is 6.66. The first-order chi connectivity index (χ1) is 9.54. The second kappa shape index (κ2) is 8.27. The van der Waals surface area contributed by atoms with Gasteiger partial charge in [0, 0.05) is 12.3 Å². The van der Waals surface area contributed by atoms with Crippen molar-refractivity contribution in [3.63, 3.8) is 0 Å². The van der Waals surface area contributed by atoms with Crippen LogP contribution in [0.1, 0.15) is 43.9 Å². The zero-order valence-corrected chi connectivity index (χ0v) is 11.6. The van der Waals surface area contributed by atoms with Crippen molar-refractivity contribution in [2.24, 2.45) is 0 Å². The number of rotatable bonds is 8. The number of hydrogen-bond donors (Lipinski definition) is 3. The highest BCUT2D eigenvalue weighted by Gasteiger charge is 2.06. The summed E-state index contributed by atoms with van der Waals surface area (Å²) >= 11 is 0. The van der Waals surface area contributed by atoms with Crippen molar-refractivity contribution >= 4 is 11.9 Å².